The van der Waals surface area contributed by atoms with E-state index in [0.717, 1.165) is 10.9 Å². The zero-order chi connectivity index (χ0) is 18.7. The molecule has 0 nitrogen and oxygen atoms in total. The minimum atomic E-state index is 0.947. The summed E-state index contributed by atoms with van der Waals surface area (Å²) in [4.78, 5) is 0. The van der Waals surface area contributed by atoms with E-state index in [1.807, 2.05) is 12.1 Å². The van der Waals surface area contributed by atoms with Gasteiger partial charge in [0.15, 0.2) is 0 Å². The summed E-state index contributed by atoms with van der Waals surface area (Å²) in [5.74, 6) is 2.83. The van der Waals surface area contributed by atoms with Crippen LogP contribution in [0.5, 0.6) is 0 Å². The Bertz CT molecular complexity index is 1610. The quantitative estimate of drug-likeness (QED) is 0.151. The van der Waals surface area contributed by atoms with Crippen LogP contribution in [0.25, 0.3) is 53.9 Å². The summed E-state index contributed by atoms with van der Waals surface area (Å²) in [5.41, 5.74) is 0.947. The average Bonchev–Trinajstić information content (AvgIpc) is 2.74. The second-order valence-electron chi connectivity index (χ2n) is 7.43. The van der Waals surface area contributed by atoms with E-state index in [4.69, 9.17) is 6.42 Å². The third kappa shape index (κ3) is 2.14. The van der Waals surface area contributed by atoms with E-state index in [1.165, 1.54) is 48.5 Å². The summed E-state index contributed by atoms with van der Waals surface area (Å²) in [6.45, 7) is 0. The van der Waals surface area contributed by atoms with Gasteiger partial charge in [-0.05, 0) is 96.3 Å². The highest BCUT2D eigenvalue weighted by Gasteiger charge is 2.07. The number of rotatable bonds is 0. The van der Waals surface area contributed by atoms with Crippen LogP contribution >= 0.6 is 0 Å². The number of fused-ring (bicyclic) bond motifs is 6. The van der Waals surface area contributed by atoms with Gasteiger partial charge >= 0.3 is 0 Å². The molecular formula is C28H16. The molecule has 0 fully saturated rings. The van der Waals surface area contributed by atoms with Crippen LogP contribution in [0, 0.1) is 12.3 Å². The van der Waals surface area contributed by atoms with Crippen molar-refractivity contribution in [2.75, 3.05) is 0 Å². The van der Waals surface area contributed by atoms with Crippen LogP contribution in [0.1, 0.15) is 5.56 Å². The van der Waals surface area contributed by atoms with Crippen LogP contribution in [-0.2, 0) is 0 Å². The molecule has 6 aromatic rings. The van der Waals surface area contributed by atoms with E-state index in [2.05, 4.69) is 84.8 Å². The lowest BCUT2D eigenvalue weighted by Crippen LogP contribution is -1.84. The second kappa shape index (κ2) is 5.59. The minimum absolute atomic E-state index is 0.947. The molecule has 0 bridgehead atoms. The number of hydrogen-bond acceptors (Lipinski definition) is 0. The normalized spacial score (nSPS) is 11.5. The largest absolute Gasteiger partial charge is 0.115 e. The highest BCUT2D eigenvalue weighted by atomic mass is 14.1. The minimum Gasteiger partial charge on any atom is -0.115 e. The van der Waals surface area contributed by atoms with Gasteiger partial charge in [0.05, 0.1) is 0 Å². The molecule has 0 heterocycles. The summed E-state index contributed by atoms with van der Waals surface area (Å²) in [7, 11) is 0. The average molecular weight is 352 g/mol. The van der Waals surface area contributed by atoms with Crippen LogP contribution in [-0.4, -0.2) is 0 Å². The Balaban J connectivity index is 1.77. The van der Waals surface area contributed by atoms with Crippen molar-refractivity contribution in [3.63, 3.8) is 0 Å². The maximum Gasteiger partial charge on any atom is 0.0321 e. The molecule has 0 aliphatic rings. The Hall–Kier alpha value is -3.82. The molecule has 0 unspecified atom stereocenters. The summed E-state index contributed by atoms with van der Waals surface area (Å²) in [6, 6.07) is 32.9. The third-order valence-electron chi connectivity index (χ3n) is 5.81. The van der Waals surface area contributed by atoms with E-state index in [9.17, 15) is 0 Å². The number of benzene rings is 6. The smallest absolute Gasteiger partial charge is 0.0321 e. The highest BCUT2D eigenvalue weighted by Crippen LogP contribution is 2.34. The molecule has 128 valence electrons. The molecule has 0 saturated carbocycles. The molecule has 6 rings (SSSR count). The lowest BCUT2D eigenvalue weighted by atomic mass is 9.94. The lowest BCUT2D eigenvalue weighted by molar-refractivity contribution is 1.74. The van der Waals surface area contributed by atoms with Crippen molar-refractivity contribution < 1.29 is 0 Å². The van der Waals surface area contributed by atoms with Gasteiger partial charge in [-0.25, -0.2) is 0 Å². The molecule has 0 heteroatoms. The molecular weight excluding hydrogens is 336 g/mol. The molecule has 0 atom stereocenters. The predicted octanol–water partition coefficient (Wildman–Crippen LogP) is 7.43. The fourth-order valence-electron chi connectivity index (χ4n) is 4.40. The first-order valence-corrected chi connectivity index (χ1v) is 9.48. The molecule has 0 aromatic heterocycles. The maximum atomic E-state index is 5.75. The fourth-order valence-corrected chi connectivity index (χ4v) is 4.40. The monoisotopic (exact) mass is 352 g/mol. The first-order valence-electron chi connectivity index (χ1n) is 9.48. The topological polar surface area (TPSA) is 0 Å². The zero-order valence-corrected chi connectivity index (χ0v) is 15.2. The summed E-state index contributed by atoms with van der Waals surface area (Å²) in [6.07, 6.45) is 5.75. The van der Waals surface area contributed by atoms with Crippen LogP contribution in [0.2, 0.25) is 0 Å². The van der Waals surface area contributed by atoms with Crippen molar-refractivity contribution in [3.8, 4) is 12.3 Å². The molecule has 6 aromatic carbocycles. The Kier molecular flexibility index (Phi) is 3.04. The van der Waals surface area contributed by atoms with E-state index in [1.54, 1.807) is 0 Å². The molecule has 0 radical (unpaired) electrons. The van der Waals surface area contributed by atoms with Crippen molar-refractivity contribution >= 4 is 53.9 Å². The number of hydrogen-bond donors (Lipinski definition) is 0. The van der Waals surface area contributed by atoms with E-state index < -0.39 is 0 Å². The lowest BCUT2D eigenvalue weighted by Gasteiger charge is -2.10. The van der Waals surface area contributed by atoms with Crippen molar-refractivity contribution in [2.24, 2.45) is 0 Å². The van der Waals surface area contributed by atoms with Crippen molar-refractivity contribution in [2.45, 2.75) is 0 Å². The second-order valence-corrected chi connectivity index (χ2v) is 7.43. The van der Waals surface area contributed by atoms with E-state index >= 15 is 0 Å². The number of terminal acetylenes is 1. The van der Waals surface area contributed by atoms with Crippen molar-refractivity contribution in [1.29, 1.82) is 0 Å². The van der Waals surface area contributed by atoms with Gasteiger partial charge in [0.25, 0.3) is 0 Å². The van der Waals surface area contributed by atoms with Gasteiger partial charge in [0.1, 0.15) is 0 Å². The van der Waals surface area contributed by atoms with Gasteiger partial charge in [0.2, 0.25) is 0 Å². The third-order valence-corrected chi connectivity index (χ3v) is 5.81. The molecule has 0 N–H and O–H groups in total. The van der Waals surface area contributed by atoms with Gasteiger partial charge in [0, 0.05) is 5.56 Å². The Labute approximate surface area is 163 Å². The van der Waals surface area contributed by atoms with Gasteiger partial charge in [-0.3, -0.25) is 0 Å². The zero-order valence-electron chi connectivity index (χ0n) is 15.2. The first kappa shape index (κ1) is 15.3. The Morgan fingerprint density at radius 3 is 1.68 bits per heavy atom. The molecule has 0 saturated heterocycles. The molecule has 0 spiro atoms. The summed E-state index contributed by atoms with van der Waals surface area (Å²) >= 11 is 0. The summed E-state index contributed by atoms with van der Waals surface area (Å²) < 4.78 is 0. The molecule has 0 aliphatic heterocycles. The molecule has 28 heavy (non-hydrogen) atoms. The van der Waals surface area contributed by atoms with Crippen molar-refractivity contribution in [3.05, 3.63) is 96.6 Å². The van der Waals surface area contributed by atoms with Crippen LogP contribution in [0.4, 0.5) is 0 Å². The van der Waals surface area contributed by atoms with E-state index in [-0.39, 0.29) is 0 Å². The highest BCUT2D eigenvalue weighted by molar-refractivity contribution is 6.16. The standard InChI is InChI=1S/C28H16/c1-2-18-8-5-9-21-14-22-10-11-23-15-24-12-19-6-3-4-7-20(19)13-25(24)16-27(23)28(22)17-26(18)21/h1,3-17H. The van der Waals surface area contributed by atoms with Crippen molar-refractivity contribution in [1.82, 2.24) is 0 Å². The molecule has 0 amide bonds. The summed E-state index contributed by atoms with van der Waals surface area (Å²) in [5, 5.41) is 12.4. The predicted molar refractivity (Wildman–Crippen MR) is 122 cm³/mol. The van der Waals surface area contributed by atoms with Crippen LogP contribution in [0.15, 0.2) is 91.0 Å². The van der Waals surface area contributed by atoms with Gasteiger partial charge < -0.3 is 0 Å². The van der Waals surface area contributed by atoms with E-state index in [0.29, 0.717) is 0 Å². The van der Waals surface area contributed by atoms with Crippen LogP contribution in [0.3, 0.4) is 0 Å². The van der Waals surface area contributed by atoms with Crippen LogP contribution < -0.4 is 0 Å². The van der Waals surface area contributed by atoms with Gasteiger partial charge in [-0.1, -0.05) is 54.5 Å². The maximum absolute atomic E-state index is 5.75. The Morgan fingerprint density at radius 1 is 0.429 bits per heavy atom. The van der Waals surface area contributed by atoms with Gasteiger partial charge in [-0.2, -0.15) is 0 Å². The first-order chi connectivity index (χ1) is 13.8. The SMILES string of the molecule is C#Cc1cccc2cc3ccc4cc5cc6ccccc6cc5cc4c3cc12. The van der Waals surface area contributed by atoms with Gasteiger partial charge in [-0.15, -0.1) is 6.42 Å². The molecule has 0 aliphatic carbocycles. The Morgan fingerprint density at radius 2 is 0.964 bits per heavy atom. The fraction of sp³-hybridized carbons (Fsp3) is 0.